The summed E-state index contributed by atoms with van der Waals surface area (Å²) in [6.07, 6.45) is 4.67. The number of nitrogens with zero attached hydrogens (tertiary/aromatic N) is 5. The SMILES string of the molecule is COc1cc(C(=O)N(C)CCO)cnc1-c1cc2ncc(C)c(-c3ccc(OC4CCOCC4)c(C#N)n3)c2o1. The van der Waals surface area contributed by atoms with Gasteiger partial charge in [-0.2, -0.15) is 5.26 Å². The number of nitriles is 1. The minimum Gasteiger partial charge on any atom is -0.494 e. The molecule has 206 valence electrons. The second kappa shape index (κ2) is 11.7. The van der Waals surface area contributed by atoms with Crippen molar-refractivity contribution in [3.63, 3.8) is 0 Å². The summed E-state index contributed by atoms with van der Waals surface area (Å²) < 4.78 is 23.3. The van der Waals surface area contributed by atoms with Gasteiger partial charge in [-0.3, -0.25) is 9.78 Å². The largest absolute Gasteiger partial charge is 0.494 e. The van der Waals surface area contributed by atoms with Crippen LogP contribution in [0, 0.1) is 18.3 Å². The molecule has 0 aromatic carbocycles. The number of aliphatic hydroxyl groups excluding tert-OH is 1. The average molecular weight is 544 g/mol. The zero-order chi connectivity index (χ0) is 28.2. The second-order valence-electron chi connectivity index (χ2n) is 9.45. The van der Waals surface area contributed by atoms with Crippen molar-refractivity contribution in [2.45, 2.75) is 25.9 Å². The van der Waals surface area contributed by atoms with Gasteiger partial charge in [0, 0.05) is 50.5 Å². The number of methoxy groups -OCH3 is 1. The third kappa shape index (κ3) is 5.32. The van der Waals surface area contributed by atoms with Crippen molar-refractivity contribution in [3.8, 4) is 40.3 Å². The molecule has 0 radical (unpaired) electrons. The molecule has 0 spiro atoms. The third-order valence-electron chi connectivity index (χ3n) is 6.75. The summed E-state index contributed by atoms with van der Waals surface area (Å²) in [6, 6.07) is 9.06. The predicted octanol–water partition coefficient (Wildman–Crippen LogP) is 3.76. The molecule has 0 unspecified atom stereocenters. The lowest BCUT2D eigenvalue weighted by atomic mass is 10.1. The molecular weight excluding hydrogens is 514 g/mol. The molecule has 0 saturated carbocycles. The van der Waals surface area contributed by atoms with E-state index < -0.39 is 0 Å². The number of carbonyl (C=O) groups is 1. The lowest BCUT2D eigenvalue weighted by molar-refractivity contribution is 0.0253. The first-order valence-electron chi connectivity index (χ1n) is 12.9. The van der Waals surface area contributed by atoms with E-state index in [2.05, 4.69) is 21.0 Å². The highest BCUT2D eigenvalue weighted by molar-refractivity contribution is 5.96. The Bertz CT molecular complexity index is 1590. The molecule has 40 heavy (non-hydrogen) atoms. The number of carbonyl (C=O) groups excluding carboxylic acids is 1. The van der Waals surface area contributed by atoms with Crippen molar-refractivity contribution in [1.82, 2.24) is 19.9 Å². The van der Waals surface area contributed by atoms with Crippen molar-refractivity contribution in [2.24, 2.45) is 0 Å². The number of likely N-dealkylation sites (N-methyl/N-ethyl adjacent to an activating group) is 1. The van der Waals surface area contributed by atoms with E-state index in [1.165, 1.54) is 18.2 Å². The van der Waals surface area contributed by atoms with Crippen molar-refractivity contribution in [2.75, 3.05) is 40.5 Å². The van der Waals surface area contributed by atoms with E-state index in [1.54, 1.807) is 31.4 Å². The van der Waals surface area contributed by atoms with Crippen LogP contribution in [0.2, 0.25) is 0 Å². The number of pyridine rings is 3. The van der Waals surface area contributed by atoms with Crippen LogP contribution in [0.5, 0.6) is 11.5 Å². The molecule has 11 heteroatoms. The summed E-state index contributed by atoms with van der Waals surface area (Å²) in [4.78, 5) is 27.6. The summed E-state index contributed by atoms with van der Waals surface area (Å²) >= 11 is 0. The Balaban J connectivity index is 1.52. The van der Waals surface area contributed by atoms with E-state index in [-0.39, 0.29) is 30.9 Å². The first-order valence-corrected chi connectivity index (χ1v) is 12.9. The molecule has 1 saturated heterocycles. The highest BCUT2D eigenvalue weighted by atomic mass is 16.5. The molecule has 0 aliphatic carbocycles. The van der Waals surface area contributed by atoms with Gasteiger partial charge in [0.25, 0.3) is 5.91 Å². The number of ether oxygens (including phenoxy) is 3. The van der Waals surface area contributed by atoms with Gasteiger partial charge in [-0.15, -0.1) is 0 Å². The third-order valence-corrected chi connectivity index (χ3v) is 6.75. The molecule has 4 aromatic rings. The van der Waals surface area contributed by atoms with E-state index in [1.807, 2.05) is 13.0 Å². The maximum atomic E-state index is 12.7. The molecule has 0 bridgehead atoms. The van der Waals surface area contributed by atoms with E-state index >= 15 is 0 Å². The Morgan fingerprint density at radius 1 is 1.20 bits per heavy atom. The van der Waals surface area contributed by atoms with Crippen molar-refractivity contribution < 1.29 is 28.5 Å². The van der Waals surface area contributed by atoms with Gasteiger partial charge < -0.3 is 28.6 Å². The van der Waals surface area contributed by atoms with Crippen LogP contribution < -0.4 is 9.47 Å². The number of fused-ring (bicyclic) bond motifs is 1. The van der Waals surface area contributed by atoms with Crippen LogP contribution in [0.1, 0.15) is 34.5 Å². The average Bonchev–Trinajstić information content (AvgIpc) is 3.41. The maximum Gasteiger partial charge on any atom is 0.255 e. The monoisotopic (exact) mass is 543 g/mol. The molecule has 11 nitrogen and oxygen atoms in total. The van der Waals surface area contributed by atoms with E-state index in [0.717, 1.165) is 18.4 Å². The summed E-state index contributed by atoms with van der Waals surface area (Å²) in [5, 5.41) is 19.0. The van der Waals surface area contributed by atoms with Gasteiger partial charge in [0.15, 0.2) is 22.8 Å². The number of furan rings is 1. The highest BCUT2D eigenvalue weighted by Gasteiger charge is 2.23. The summed E-state index contributed by atoms with van der Waals surface area (Å²) in [5.41, 5.74) is 4.03. The van der Waals surface area contributed by atoms with Crippen molar-refractivity contribution in [1.29, 1.82) is 5.26 Å². The van der Waals surface area contributed by atoms with Crippen LogP contribution in [-0.2, 0) is 4.74 Å². The fourth-order valence-corrected chi connectivity index (χ4v) is 4.61. The summed E-state index contributed by atoms with van der Waals surface area (Å²) in [5.74, 6) is 0.891. The fourth-order valence-electron chi connectivity index (χ4n) is 4.61. The zero-order valence-corrected chi connectivity index (χ0v) is 22.5. The topological polar surface area (TPSA) is 144 Å². The van der Waals surface area contributed by atoms with Crippen LogP contribution in [-0.4, -0.2) is 77.5 Å². The maximum absolute atomic E-state index is 12.7. The molecule has 1 N–H and O–H groups in total. The minimum absolute atomic E-state index is 0.0188. The van der Waals surface area contributed by atoms with E-state index in [4.69, 9.17) is 23.7 Å². The molecular formula is C29H29N5O6. The Labute approximate surface area is 231 Å². The molecule has 1 amide bonds. The van der Waals surface area contributed by atoms with Gasteiger partial charge >= 0.3 is 0 Å². The van der Waals surface area contributed by atoms with Crippen molar-refractivity contribution in [3.05, 3.63) is 53.5 Å². The van der Waals surface area contributed by atoms with Crippen LogP contribution in [0.15, 0.2) is 41.1 Å². The number of aliphatic hydroxyl groups is 1. The molecule has 1 fully saturated rings. The lowest BCUT2D eigenvalue weighted by Gasteiger charge is -2.23. The van der Waals surface area contributed by atoms with Gasteiger partial charge in [-0.05, 0) is 30.7 Å². The first kappa shape index (κ1) is 27.1. The molecule has 5 rings (SSSR count). The Morgan fingerprint density at radius 2 is 2.00 bits per heavy atom. The van der Waals surface area contributed by atoms with E-state index in [9.17, 15) is 10.1 Å². The predicted molar refractivity (Wildman–Crippen MR) is 145 cm³/mol. The normalized spacial score (nSPS) is 13.7. The number of hydrogen-bond acceptors (Lipinski definition) is 10. The van der Waals surface area contributed by atoms with Crippen LogP contribution in [0.4, 0.5) is 0 Å². The lowest BCUT2D eigenvalue weighted by Crippen LogP contribution is -2.29. The molecule has 1 aliphatic rings. The van der Waals surface area contributed by atoms with Gasteiger partial charge in [0.2, 0.25) is 0 Å². The summed E-state index contributed by atoms with van der Waals surface area (Å²) in [7, 11) is 3.09. The molecule has 4 aromatic heterocycles. The van der Waals surface area contributed by atoms with Crippen LogP contribution in [0.25, 0.3) is 33.8 Å². The van der Waals surface area contributed by atoms with Gasteiger partial charge in [-0.1, -0.05) is 0 Å². The quantitative estimate of drug-likeness (QED) is 0.349. The zero-order valence-electron chi connectivity index (χ0n) is 22.5. The number of aromatic nitrogens is 3. The highest BCUT2D eigenvalue weighted by Crippen LogP contribution is 2.38. The molecule has 5 heterocycles. The number of aryl methyl sites for hydroxylation is 1. The van der Waals surface area contributed by atoms with Crippen LogP contribution in [0.3, 0.4) is 0 Å². The Morgan fingerprint density at radius 3 is 2.73 bits per heavy atom. The summed E-state index contributed by atoms with van der Waals surface area (Å²) in [6.45, 7) is 3.21. The Hall–Kier alpha value is -4.53. The fraction of sp³-hybridized carbons (Fsp3) is 0.345. The van der Waals surface area contributed by atoms with Gasteiger partial charge in [-0.25, -0.2) is 9.97 Å². The van der Waals surface area contributed by atoms with Gasteiger partial charge in [0.1, 0.15) is 29.1 Å². The standard InChI is InChI=1S/C29H29N5O6/c1-17-15-31-21-13-25(27-24(37-3)12-18(16-32-27)29(36)34(2)8-9-35)40-28(21)26(17)20-4-5-23(22(14-30)33-20)39-19-6-10-38-11-7-19/h4-5,12-13,15-16,19,35H,6-11H2,1-3H3. The number of amides is 1. The minimum atomic E-state index is -0.292. The number of hydrogen-bond donors (Lipinski definition) is 1. The molecule has 1 aliphatic heterocycles. The Kier molecular flexibility index (Phi) is 7.91. The number of rotatable bonds is 8. The van der Waals surface area contributed by atoms with E-state index in [0.29, 0.717) is 64.1 Å². The second-order valence-corrected chi connectivity index (χ2v) is 9.45. The smallest absolute Gasteiger partial charge is 0.255 e. The van der Waals surface area contributed by atoms with Gasteiger partial charge in [0.05, 0.1) is 38.2 Å². The first-order chi connectivity index (χ1) is 19.4. The van der Waals surface area contributed by atoms with Crippen LogP contribution >= 0.6 is 0 Å². The molecule has 0 atom stereocenters. The van der Waals surface area contributed by atoms with Crippen molar-refractivity contribution >= 4 is 17.0 Å².